The second kappa shape index (κ2) is 6.18. The number of fused-ring (bicyclic) bond motifs is 1. The lowest BCUT2D eigenvalue weighted by atomic mass is 9.99. The molecule has 0 radical (unpaired) electrons. The number of Topliss-reactive ketones (excluding diaryl/α,β-unsaturated/α-hetero) is 1. The molecule has 0 saturated heterocycles. The van der Waals surface area contributed by atoms with Gasteiger partial charge in [0.2, 0.25) is 5.91 Å². The normalized spacial score (nSPS) is 15.1. The number of imide groups is 1. The first-order chi connectivity index (χ1) is 12.2. The third-order valence-electron chi connectivity index (χ3n) is 4.08. The zero-order chi connectivity index (χ0) is 19.2. The van der Waals surface area contributed by atoms with Gasteiger partial charge >= 0.3 is 0 Å². The largest absolute Gasteiger partial charge is 0.506 e. The number of aliphatic hydroxyl groups is 1. The molecule has 2 amide bonds. The molecule has 132 valence electrons. The monoisotopic (exact) mass is 357 g/mol. The van der Waals surface area contributed by atoms with Crippen molar-refractivity contribution < 1.29 is 28.3 Å². The molecule has 0 bridgehead atoms. The topological polar surface area (TPSA) is 74.7 Å². The van der Waals surface area contributed by atoms with Gasteiger partial charge in [0.1, 0.15) is 5.76 Å². The van der Waals surface area contributed by atoms with E-state index >= 15 is 0 Å². The Kier molecular flexibility index (Phi) is 4.15. The molecule has 0 atom stereocenters. The van der Waals surface area contributed by atoms with E-state index in [4.69, 9.17) is 0 Å². The molecular weight excluding hydrogens is 344 g/mol. The lowest BCUT2D eigenvalue weighted by molar-refractivity contribution is -0.122. The Balaban J connectivity index is 2.29. The van der Waals surface area contributed by atoms with Gasteiger partial charge in [-0.1, -0.05) is 0 Å². The molecule has 1 aliphatic rings. The van der Waals surface area contributed by atoms with Crippen molar-refractivity contribution in [3.8, 4) is 0 Å². The Bertz CT molecular complexity index is 1010. The smallest absolute Gasteiger partial charge is 0.269 e. The Hall–Kier alpha value is -3.35. The summed E-state index contributed by atoms with van der Waals surface area (Å²) in [5.74, 6) is -4.57. The van der Waals surface area contributed by atoms with Gasteiger partial charge in [-0.2, -0.15) is 0 Å². The number of rotatable bonds is 2. The fourth-order valence-electron chi connectivity index (χ4n) is 2.82. The quantitative estimate of drug-likeness (QED) is 0.507. The van der Waals surface area contributed by atoms with Gasteiger partial charge in [-0.25, -0.2) is 13.7 Å². The highest BCUT2D eigenvalue weighted by atomic mass is 19.2. The van der Waals surface area contributed by atoms with Crippen molar-refractivity contribution in [2.24, 2.45) is 0 Å². The third-order valence-corrected chi connectivity index (χ3v) is 4.08. The molecule has 0 spiro atoms. The van der Waals surface area contributed by atoms with Crippen molar-refractivity contribution in [1.82, 2.24) is 0 Å². The van der Waals surface area contributed by atoms with Crippen LogP contribution >= 0.6 is 0 Å². The SMILES string of the molecule is CC(=O)c1ccc2c(c1)C(=C(O)c1ccc(F)c(F)c1)C(=O)N2C(C)=O. The molecule has 1 N–H and O–H groups in total. The van der Waals surface area contributed by atoms with Crippen LogP contribution in [0.4, 0.5) is 14.5 Å². The standard InChI is InChI=1S/C19H13F2NO4/c1-9(23)11-4-6-16-13(7-11)17(19(26)22(16)10(2)24)18(25)12-3-5-14(20)15(21)8-12/h3-8,25H,1-2H3. The molecule has 1 aliphatic heterocycles. The van der Waals surface area contributed by atoms with Gasteiger partial charge in [0.15, 0.2) is 17.4 Å². The summed E-state index contributed by atoms with van der Waals surface area (Å²) in [6, 6.07) is 6.94. The first kappa shape index (κ1) is 17.5. The lowest BCUT2D eigenvalue weighted by Gasteiger charge is -2.12. The molecular formula is C19H13F2NO4. The van der Waals surface area contributed by atoms with Crippen molar-refractivity contribution in [3.05, 3.63) is 64.7 Å². The number of anilines is 1. The number of hydrogen-bond donors (Lipinski definition) is 1. The molecule has 7 heteroatoms. The van der Waals surface area contributed by atoms with E-state index < -0.39 is 29.2 Å². The van der Waals surface area contributed by atoms with Gasteiger partial charge in [-0.15, -0.1) is 0 Å². The van der Waals surface area contributed by atoms with Crippen molar-refractivity contribution in [2.75, 3.05) is 4.90 Å². The van der Waals surface area contributed by atoms with Crippen LogP contribution in [-0.2, 0) is 9.59 Å². The maximum absolute atomic E-state index is 13.5. The molecule has 1 heterocycles. The minimum absolute atomic E-state index is 0.128. The number of nitrogens with zero attached hydrogens (tertiary/aromatic N) is 1. The predicted octanol–water partition coefficient (Wildman–Crippen LogP) is 3.49. The van der Waals surface area contributed by atoms with Crippen LogP contribution in [0.3, 0.4) is 0 Å². The second-order valence-corrected chi connectivity index (χ2v) is 5.80. The van der Waals surface area contributed by atoms with Crippen LogP contribution < -0.4 is 4.90 Å². The van der Waals surface area contributed by atoms with Gasteiger partial charge in [0, 0.05) is 23.6 Å². The highest BCUT2D eigenvalue weighted by Gasteiger charge is 2.38. The number of halogens is 2. The van der Waals surface area contributed by atoms with Crippen LogP contribution in [0.5, 0.6) is 0 Å². The van der Waals surface area contributed by atoms with E-state index in [2.05, 4.69) is 0 Å². The second-order valence-electron chi connectivity index (χ2n) is 5.80. The maximum Gasteiger partial charge on any atom is 0.269 e. The fourth-order valence-corrected chi connectivity index (χ4v) is 2.82. The summed E-state index contributed by atoms with van der Waals surface area (Å²) < 4.78 is 26.6. The number of carbonyl (C=O) groups excluding carboxylic acids is 3. The summed E-state index contributed by atoms with van der Waals surface area (Å²) in [4.78, 5) is 37.0. The first-order valence-electron chi connectivity index (χ1n) is 7.61. The number of amides is 2. The van der Waals surface area contributed by atoms with E-state index in [-0.39, 0.29) is 33.7 Å². The summed E-state index contributed by atoms with van der Waals surface area (Å²) in [6.45, 7) is 2.51. The van der Waals surface area contributed by atoms with Gasteiger partial charge < -0.3 is 5.11 Å². The van der Waals surface area contributed by atoms with Crippen molar-refractivity contribution in [2.45, 2.75) is 13.8 Å². The molecule has 26 heavy (non-hydrogen) atoms. The van der Waals surface area contributed by atoms with Crippen LogP contribution in [0.1, 0.15) is 35.3 Å². The molecule has 2 aromatic carbocycles. The molecule has 5 nitrogen and oxygen atoms in total. The summed E-state index contributed by atoms with van der Waals surface area (Å²) >= 11 is 0. The third kappa shape index (κ3) is 2.67. The predicted molar refractivity (Wildman–Crippen MR) is 90.4 cm³/mol. The first-order valence-corrected chi connectivity index (χ1v) is 7.61. The minimum Gasteiger partial charge on any atom is -0.506 e. The van der Waals surface area contributed by atoms with Crippen LogP contribution in [0, 0.1) is 11.6 Å². The maximum atomic E-state index is 13.5. The molecule has 0 unspecified atom stereocenters. The van der Waals surface area contributed by atoms with E-state index in [1.165, 1.54) is 32.0 Å². The van der Waals surface area contributed by atoms with Gasteiger partial charge in [0.05, 0.1) is 11.3 Å². The van der Waals surface area contributed by atoms with Gasteiger partial charge in [-0.3, -0.25) is 14.4 Å². The summed E-state index contributed by atoms with van der Waals surface area (Å²) in [7, 11) is 0. The molecule has 0 aromatic heterocycles. The zero-order valence-corrected chi connectivity index (χ0v) is 13.8. The van der Waals surface area contributed by atoms with Crippen molar-refractivity contribution >= 4 is 34.6 Å². The molecule has 2 aromatic rings. The van der Waals surface area contributed by atoms with E-state index in [1.54, 1.807) is 0 Å². The summed E-state index contributed by atoms with van der Waals surface area (Å²) in [5.41, 5.74) is 0.260. The van der Waals surface area contributed by atoms with E-state index in [0.29, 0.717) is 0 Å². The number of hydrogen-bond acceptors (Lipinski definition) is 4. The zero-order valence-electron chi connectivity index (χ0n) is 13.8. The number of aliphatic hydroxyl groups excluding tert-OH is 1. The Morgan fingerprint density at radius 1 is 0.962 bits per heavy atom. The molecule has 3 rings (SSSR count). The average Bonchev–Trinajstić information content (AvgIpc) is 2.87. The van der Waals surface area contributed by atoms with E-state index in [0.717, 1.165) is 23.1 Å². The van der Waals surface area contributed by atoms with Crippen LogP contribution in [0.15, 0.2) is 36.4 Å². The van der Waals surface area contributed by atoms with Crippen LogP contribution in [0.2, 0.25) is 0 Å². The fraction of sp³-hybridized carbons (Fsp3) is 0.105. The number of benzene rings is 2. The highest BCUT2D eigenvalue weighted by Crippen LogP contribution is 2.41. The van der Waals surface area contributed by atoms with Gasteiger partial charge in [-0.05, 0) is 43.3 Å². The van der Waals surface area contributed by atoms with Gasteiger partial charge in [0.25, 0.3) is 5.91 Å². The van der Waals surface area contributed by atoms with Crippen molar-refractivity contribution in [1.29, 1.82) is 0 Å². The van der Waals surface area contributed by atoms with Crippen molar-refractivity contribution in [3.63, 3.8) is 0 Å². The van der Waals surface area contributed by atoms with E-state index in [1.807, 2.05) is 0 Å². The lowest BCUT2D eigenvalue weighted by Crippen LogP contribution is -2.31. The van der Waals surface area contributed by atoms with Crippen LogP contribution in [-0.4, -0.2) is 22.7 Å². The van der Waals surface area contributed by atoms with Crippen LogP contribution in [0.25, 0.3) is 11.3 Å². The molecule has 0 fully saturated rings. The average molecular weight is 357 g/mol. The molecule has 0 aliphatic carbocycles. The van der Waals surface area contributed by atoms with E-state index in [9.17, 15) is 28.3 Å². The number of ketones is 1. The summed E-state index contributed by atoms with van der Waals surface area (Å²) in [6.07, 6.45) is 0. The number of carbonyl (C=O) groups is 3. The Morgan fingerprint density at radius 3 is 2.19 bits per heavy atom. The molecule has 0 saturated carbocycles. The highest BCUT2D eigenvalue weighted by molar-refractivity contribution is 6.42. The Morgan fingerprint density at radius 2 is 1.62 bits per heavy atom. The minimum atomic E-state index is -1.19. The summed E-state index contributed by atoms with van der Waals surface area (Å²) in [5, 5.41) is 10.5. The Labute approximate surface area is 147 Å².